The van der Waals surface area contributed by atoms with Crippen LogP contribution in [0.2, 0.25) is 0 Å². The summed E-state index contributed by atoms with van der Waals surface area (Å²) in [7, 11) is 0. The van der Waals surface area contributed by atoms with E-state index in [9.17, 15) is 9.59 Å². The Morgan fingerprint density at radius 1 is 1.22 bits per heavy atom. The predicted octanol–water partition coefficient (Wildman–Crippen LogP) is 1.10. The highest BCUT2D eigenvalue weighted by atomic mass is 16.7. The summed E-state index contributed by atoms with van der Waals surface area (Å²) in [6, 6.07) is 0. The van der Waals surface area contributed by atoms with E-state index in [0.717, 1.165) is 12.8 Å². The zero-order valence-electron chi connectivity index (χ0n) is 10.1. The zero-order chi connectivity index (χ0) is 12.3. The first-order valence-electron chi connectivity index (χ1n) is 6.74. The molecule has 2 saturated carbocycles. The molecule has 3 aliphatic carbocycles. The Labute approximate surface area is 105 Å². The van der Waals surface area contributed by atoms with E-state index in [1.165, 1.54) is 0 Å². The molecule has 0 aromatic carbocycles. The van der Waals surface area contributed by atoms with Crippen LogP contribution in [0, 0.1) is 23.7 Å². The highest BCUT2D eigenvalue weighted by molar-refractivity contribution is 5.96. The second kappa shape index (κ2) is 3.52. The van der Waals surface area contributed by atoms with Crippen LogP contribution in [0.25, 0.3) is 0 Å². The summed E-state index contributed by atoms with van der Waals surface area (Å²) in [4.78, 5) is 24.0. The van der Waals surface area contributed by atoms with Gasteiger partial charge in [-0.25, -0.2) is 0 Å². The van der Waals surface area contributed by atoms with Crippen LogP contribution in [0.5, 0.6) is 0 Å². The Hall–Kier alpha value is -1.00. The molecule has 3 fully saturated rings. The summed E-state index contributed by atoms with van der Waals surface area (Å²) in [5.74, 6) is 0.00312. The van der Waals surface area contributed by atoms with E-state index in [1.807, 2.05) is 0 Å². The van der Waals surface area contributed by atoms with Crippen LogP contribution in [0.4, 0.5) is 0 Å². The minimum atomic E-state index is -0.564. The molecular formula is C14H16O4. The second-order valence-electron chi connectivity index (χ2n) is 5.80. The van der Waals surface area contributed by atoms with E-state index < -0.39 is 5.79 Å². The minimum absolute atomic E-state index is 0.0358. The molecule has 0 bridgehead atoms. The summed E-state index contributed by atoms with van der Waals surface area (Å²) in [6.45, 7) is 1.22. The number of Topliss-reactive ketones (excluding diaryl/α,β-unsaturated/α-hetero) is 1. The quantitative estimate of drug-likeness (QED) is 0.644. The van der Waals surface area contributed by atoms with Gasteiger partial charge in [-0.3, -0.25) is 9.59 Å². The van der Waals surface area contributed by atoms with Crippen LogP contribution in [-0.2, 0) is 19.1 Å². The van der Waals surface area contributed by atoms with Crippen LogP contribution >= 0.6 is 0 Å². The van der Waals surface area contributed by atoms with Gasteiger partial charge in [-0.1, -0.05) is 6.08 Å². The molecule has 1 heterocycles. The highest BCUT2D eigenvalue weighted by Crippen LogP contribution is 2.58. The van der Waals surface area contributed by atoms with Gasteiger partial charge in [0.05, 0.1) is 13.2 Å². The van der Waals surface area contributed by atoms with Crippen LogP contribution in [0.1, 0.15) is 19.3 Å². The molecule has 4 heteroatoms. The number of carbonyl (C=O) groups excluding carboxylic acids is 2. The fraction of sp³-hybridized carbons (Fsp3) is 0.714. The number of hydrogen-bond donors (Lipinski definition) is 0. The van der Waals surface area contributed by atoms with Crippen LogP contribution < -0.4 is 0 Å². The molecule has 1 saturated heterocycles. The summed E-state index contributed by atoms with van der Waals surface area (Å²) in [5, 5.41) is 0. The number of rotatable bonds is 0. The standard InChI is InChI=1S/C14H16O4/c15-8-1-2-9-11(7-8)12-10(13(9)16)3-4-14(12)17-5-6-18-14/h1-2,9-12H,3-7H2/t9-,10+,11+,12-/m0/s1. The minimum Gasteiger partial charge on any atom is -0.347 e. The number of hydrogen-bond acceptors (Lipinski definition) is 4. The fourth-order valence-electron chi connectivity index (χ4n) is 4.44. The number of allylic oxidation sites excluding steroid dienone is 2. The van der Waals surface area contributed by atoms with Gasteiger partial charge in [0, 0.05) is 30.6 Å². The van der Waals surface area contributed by atoms with Crippen LogP contribution in [0.15, 0.2) is 12.2 Å². The van der Waals surface area contributed by atoms with Crippen molar-refractivity contribution < 1.29 is 19.1 Å². The van der Waals surface area contributed by atoms with Gasteiger partial charge in [0.2, 0.25) is 0 Å². The van der Waals surface area contributed by atoms with Gasteiger partial charge in [-0.15, -0.1) is 0 Å². The SMILES string of the molecule is O=C1C=C[C@@H]2C(=O)[C@@H]3CCC4(OCCO4)[C@@H]3[C@@H]2C1. The number of carbonyl (C=O) groups is 2. The summed E-state index contributed by atoms with van der Waals surface area (Å²) in [5.41, 5.74) is 0. The topological polar surface area (TPSA) is 52.6 Å². The first-order chi connectivity index (χ1) is 8.71. The molecule has 1 aliphatic heterocycles. The Kier molecular flexibility index (Phi) is 2.12. The maximum Gasteiger partial charge on any atom is 0.172 e. The van der Waals surface area contributed by atoms with E-state index in [2.05, 4.69) is 0 Å². The maximum atomic E-state index is 12.4. The summed E-state index contributed by atoms with van der Waals surface area (Å²) >= 11 is 0. The molecule has 0 radical (unpaired) electrons. The molecule has 4 atom stereocenters. The summed E-state index contributed by atoms with van der Waals surface area (Å²) in [6.07, 6.45) is 5.50. The third-order valence-corrected chi connectivity index (χ3v) is 5.06. The van der Waals surface area contributed by atoms with Crippen molar-refractivity contribution in [1.82, 2.24) is 0 Å². The monoisotopic (exact) mass is 248 g/mol. The largest absolute Gasteiger partial charge is 0.347 e. The third kappa shape index (κ3) is 1.22. The molecule has 96 valence electrons. The molecule has 0 unspecified atom stereocenters. The Morgan fingerprint density at radius 2 is 2.00 bits per heavy atom. The molecule has 4 nitrogen and oxygen atoms in total. The van der Waals surface area contributed by atoms with Crippen molar-refractivity contribution in [3.8, 4) is 0 Å². The van der Waals surface area contributed by atoms with Crippen molar-refractivity contribution in [2.45, 2.75) is 25.0 Å². The van der Waals surface area contributed by atoms with Crippen molar-refractivity contribution in [2.24, 2.45) is 23.7 Å². The summed E-state index contributed by atoms with van der Waals surface area (Å²) < 4.78 is 11.7. The number of ether oxygens (including phenoxy) is 2. The van der Waals surface area contributed by atoms with Gasteiger partial charge >= 0.3 is 0 Å². The van der Waals surface area contributed by atoms with Crippen molar-refractivity contribution >= 4 is 11.6 Å². The lowest BCUT2D eigenvalue weighted by atomic mass is 9.78. The van der Waals surface area contributed by atoms with Crippen molar-refractivity contribution in [3.63, 3.8) is 0 Å². The van der Waals surface area contributed by atoms with E-state index >= 15 is 0 Å². The Morgan fingerprint density at radius 3 is 2.78 bits per heavy atom. The average molecular weight is 248 g/mol. The molecule has 0 N–H and O–H groups in total. The normalized spacial score (nSPS) is 44.7. The van der Waals surface area contributed by atoms with Crippen molar-refractivity contribution in [1.29, 1.82) is 0 Å². The molecule has 4 rings (SSSR count). The maximum absolute atomic E-state index is 12.4. The van der Waals surface area contributed by atoms with Gasteiger partial charge in [-0.05, 0) is 18.4 Å². The van der Waals surface area contributed by atoms with E-state index in [-0.39, 0.29) is 29.5 Å². The second-order valence-corrected chi connectivity index (χ2v) is 5.80. The van der Waals surface area contributed by atoms with Crippen LogP contribution in [-0.4, -0.2) is 30.6 Å². The molecule has 18 heavy (non-hydrogen) atoms. The molecule has 1 spiro atoms. The van der Waals surface area contributed by atoms with Gasteiger partial charge in [-0.2, -0.15) is 0 Å². The van der Waals surface area contributed by atoms with E-state index in [1.54, 1.807) is 12.2 Å². The van der Waals surface area contributed by atoms with Crippen molar-refractivity contribution in [2.75, 3.05) is 13.2 Å². The molecule has 4 aliphatic rings. The van der Waals surface area contributed by atoms with Gasteiger partial charge in [0.15, 0.2) is 11.6 Å². The predicted molar refractivity (Wildman–Crippen MR) is 61.6 cm³/mol. The highest BCUT2D eigenvalue weighted by Gasteiger charge is 2.64. The fourth-order valence-corrected chi connectivity index (χ4v) is 4.44. The zero-order valence-corrected chi connectivity index (χ0v) is 10.1. The average Bonchev–Trinajstić information content (AvgIpc) is 3.02. The lowest BCUT2D eigenvalue weighted by molar-refractivity contribution is -0.194. The Balaban J connectivity index is 1.75. The number of ketones is 2. The van der Waals surface area contributed by atoms with E-state index in [4.69, 9.17) is 9.47 Å². The first kappa shape index (κ1) is 10.9. The molecule has 0 aromatic rings. The third-order valence-electron chi connectivity index (χ3n) is 5.06. The first-order valence-corrected chi connectivity index (χ1v) is 6.74. The number of fused-ring (bicyclic) bond motifs is 4. The lowest BCUT2D eigenvalue weighted by Crippen LogP contribution is -2.40. The lowest BCUT2D eigenvalue weighted by Gasteiger charge is -2.34. The molecule has 0 aromatic heterocycles. The molecular weight excluding hydrogens is 232 g/mol. The van der Waals surface area contributed by atoms with Gasteiger partial charge < -0.3 is 9.47 Å². The van der Waals surface area contributed by atoms with Crippen LogP contribution in [0.3, 0.4) is 0 Å². The van der Waals surface area contributed by atoms with Crippen molar-refractivity contribution in [3.05, 3.63) is 12.2 Å². The Bertz CT molecular complexity index is 447. The molecule has 0 amide bonds. The van der Waals surface area contributed by atoms with Gasteiger partial charge in [0.25, 0.3) is 0 Å². The van der Waals surface area contributed by atoms with Gasteiger partial charge in [0.1, 0.15) is 5.78 Å². The van der Waals surface area contributed by atoms with E-state index in [0.29, 0.717) is 25.4 Å². The smallest absolute Gasteiger partial charge is 0.172 e.